The second kappa shape index (κ2) is 3.47. The van der Waals surface area contributed by atoms with Gasteiger partial charge in [0.15, 0.2) is 0 Å². The predicted molar refractivity (Wildman–Crippen MR) is 60.0 cm³/mol. The Kier molecular flexibility index (Phi) is 2.63. The van der Waals surface area contributed by atoms with Gasteiger partial charge in [0, 0.05) is 12.1 Å². The normalized spacial score (nSPS) is 41.8. The van der Waals surface area contributed by atoms with Gasteiger partial charge in [0.2, 0.25) is 0 Å². The number of thiol groups is 1. The van der Waals surface area contributed by atoms with Crippen LogP contribution in [0.5, 0.6) is 0 Å². The first-order valence-electron chi connectivity index (χ1n) is 5.56. The van der Waals surface area contributed by atoms with Gasteiger partial charge in [0.25, 0.3) is 0 Å². The molecule has 0 radical (unpaired) electrons. The molecular formula is C11H21NS. The SMILES string of the molecule is CC(C)C1C2CCC(C2)N1C(C)S. The third kappa shape index (κ3) is 1.52. The molecule has 0 aromatic heterocycles. The Hall–Kier alpha value is 0.310. The van der Waals surface area contributed by atoms with E-state index < -0.39 is 0 Å². The second-order valence-corrected chi connectivity index (χ2v) is 5.79. The van der Waals surface area contributed by atoms with Gasteiger partial charge < -0.3 is 0 Å². The minimum Gasteiger partial charge on any atom is -0.285 e. The van der Waals surface area contributed by atoms with Gasteiger partial charge >= 0.3 is 0 Å². The van der Waals surface area contributed by atoms with E-state index in [9.17, 15) is 0 Å². The molecule has 2 fully saturated rings. The first-order chi connectivity index (χ1) is 6.11. The zero-order chi connectivity index (χ0) is 9.59. The molecule has 0 N–H and O–H groups in total. The number of rotatable bonds is 2. The maximum atomic E-state index is 4.61. The Bertz CT molecular complexity index is 171. The van der Waals surface area contributed by atoms with E-state index in [2.05, 4.69) is 38.3 Å². The maximum absolute atomic E-state index is 4.61. The highest BCUT2D eigenvalue weighted by Crippen LogP contribution is 2.46. The van der Waals surface area contributed by atoms with Crippen molar-refractivity contribution in [2.45, 2.75) is 57.5 Å². The van der Waals surface area contributed by atoms with Crippen LogP contribution < -0.4 is 0 Å². The third-order valence-electron chi connectivity index (χ3n) is 3.81. The van der Waals surface area contributed by atoms with Crippen molar-refractivity contribution in [2.75, 3.05) is 0 Å². The van der Waals surface area contributed by atoms with Gasteiger partial charge in [-0.25, -0.2) is 0 Å². The Morgan fingerprint density at radius 2 is 1.92 bits per heavy atom. The van der Waals surface area contributed by atoms with Gasteiger partial charge in [-0.15, -0.1) is 0 Å². The molecule has 13 heavy (non-hydrogen) atoms. The lowest BCUT2D eigenvalue weighted by Gasteiger charge is -2.40. The average Bonchev–Trinajstić information content (AvgIpc) is 2.60. The quantitative estimate of drug-likeness (QED) is 0.669. The van der Waals surface area contributed by atoms with Crippen LogP contribution >= 0.6 is 12.6 Å². The highest BCUT2D eigenvalue weighted by Gasteiger charge is 2.47. The monoisotopic (exact) mass is 199 g/mol. The molecule has 1 saturated heterocycles. The van der Waals surface area contributed by atoms with E-state index >= 15 is 0 Å². The van der Waals surface area contributed by atoms with Crippen LogP contribution in [0.3, 0.4) is 0 Å². The van der Waals surface area contributed by atoms with Crippen LogP contribution in [0.4, 0.5) is 0 Å². The van der Waals surface area contributed by atoms with Crippen molar-refractivity contribution in [1.82, 2.24) is 4.90 Å². The molecule has 0 amide bonds. The van der Waals surface area contributed by atoms with Crippen LogP contribution in [0.2, 0.25) is 0 Å². The Morgan fingerprint density at radius 3 is 2.38 bits per heavy atom. The summed E-state index contributed by atoms with van der Waals surface area (Å²) < 4.78 is 0. The fraction of sp³-hybridized carbons (Fsp3) is 1.00. The second-order valence-electron chi connectivity index (χ2n) is 5.04. The molecule has 1 heterocycles. The molecule has 2 heteroatoms. The van der Waals surface area contributed by atoms with Gasteiger partial charge in [-0.3, -0.25) is 4.90 Å². The topological polar surface area (TPSA) is 3.24 Å². The van der Waals surface area contributed by atoms with E-state index in [4.69, 9.17) is 0 Å². The number of piperidine rings is 1. The number of nitrogens with zero attached hydrogens (tertiary/aromatic N) is 1. The van der Waals surface area contributed by atoms with E-state index in [-0.39, 0.29) is 0 Å². The zero-order valence-corrected chi connectivity index (χ0v) is 9.80. The number of hydrogen-bond acceptors (Lipinski definition) is 2. The van der Waals surface area contributed by atoms with Crippen LogP contribution in [0, 0.1) is 11.8 Å². The van der Waals surface area contributed by atoms with Crippen molar-refractivity contribution < 1.29 is 0 Å². The molecule has 0 aromatic rings. The number of fused-ring (bicyclic) bond motifs is 2. The van der Waals surface area contributed by atoms with E-state index in [1.807, 2.05) is 0 Å². The fourth-order valence-electron chi connectivity index (χ4n) is 3.50. The van der Waals surface area contributed by atoms with Crippen molar-refractivity contribution in [2.24, 2.45) is 11.8 Å². The lowest BCUT2D eigenvalue weighted by atomic mass is 9.89. The highest BCUT2D eigenvalue weighted by atomic mass is 32.1. The van der Waals surface area contributed by atoms with Gasteiger partial charge in [-0.1, -0.05) is 13.8 Å². The Morgan fingerprint density at radius 1 is 1.23 bits per heavy atom. The lowest BCUT2D eigenvalue weighted by Crippen LogP contribution is -2.46. The Balaban J connectivity index is 2.15. The summed E-state index contributed by atoms with van der Waals surface area (Å²) in [6.07, 6.45) is 4.32. The molecule has 4 unspecified atom stereocenters. The van der Waals surface area contributed by atoms with Crippen molar-refractivity contribution >= 4 is 12.6 Å². The largest absolute Gasteiger partial charge is 0.285 e. The van der Waals surface area contributed by atoms with E-state index in [1.165, 1.54) is 19.3 Å². The van der Waals surface area contributed by atoms with Crippen molar-refractivity contribution in [3.63, 3.8) is 0 Å². The molecule has 1 saturated carbocycles. The summed E-state index contributed by atoms with van der Waals surface area (Å²) >= 11 is 4.61. The maximum Gasteiger partial charge on any atom is 0.0505 e. The molecule has 0 aromatic carbocycles. The molecule has 2 rings (SSSR count). The lowest BCUT2D eigenvalue weighted by molar-refractivity contribution is 0.0991. The summed E-state index contributed by atoms with van der Waals surface area (Å²) in [5, 5.41) is 0.447. The summed E-state index contributed by atoms with van der Waals surface area (Å²) in [4.78, 5) is 2.65. The molecular weight excluding hydrogens is 178 g/mol. The molecule has 0 spiro atoms. The number of hydrogen-bond donors (Lipinski definition) is 1. The minimum atomic E-state index is 0.447. The van der Waals surface area contributed by atoms with Crippen LogP contribution in [0.25, 0.3) is 0 Å². The van der Waals surface area contributed by atoms with Gasteiger partial charge in [-0.05, 0) is 38.0 Å². The Labute approximate surface area is 87.3 Å². The van der Waals surface area contributed by atoms with Gasteiger partial charge in [-0.2, -0.15) is 12.6 Å². The van der Waals surface area contributed by atoms with Crippen molar-refractivity contribution in [3.05, 3.63) is 0 Å². The summed E-state index contributed by atoms with van der Waals surface area (Å²) in [5.74, 6) is 1.77. The smallest absolute Gasteiger partial charge is 0.0505 e. The molecule has 1 nitrogen and oxygen atoms in total. The number of likely N-dealkylation sites (tertiary alicyclic amines) is 1. The van der Waals surface area contributed by atoms with E-state index in [0.717, 1.165) is 23.9 Å². The summed E-state index contributed by atoms with van der Waals surface area (Å²) in [5.41, 5.74) is 0. The standard InChI is InChI=1S/C11H21NS/c1-7(2)11-9-4-5-10(6-9)12(11)8(3)13/h7-11,13H,4-6H2,1-3H3. The van der Waals surface area contributed by atoms with E-state index in [1.54, 1.807) is 0 Å². The van der Waals surface area contributed by atoms with Gasteiger partial charge in [0.05, 0.1) is 5.37 Å². The molecule has 76 valence electrons. The average molecular weight is 199 g/mol. The van der Waals surface area contributed by atoms with Gasteiger partial charge in [0.1, 0.15) is 0 Å². The van der Waals surface area contributed by atoms with Crippen LogP contribution in [0.15, 0.2) is 0 Å². The van der Waals surface area contributed by atoms with E-state index in [0.29, 0.717) is 5.37 Å². The molecule has 1 aliphatic heterocycles. The summed E-state index contributed by atoms with van der Waals surface area (Å²) in [7, 11) is 0. The van der Waals surface area contributed by atoms with Crippen LogP contribution in [-0.4, -0.2) is 22.4 Å². The predicted octanol–water partition coefficient (Wildman–Crippen LogP) is 2.77. The molecule has 1 aliphatic carbocycles. The highest BCUT2D eigenvalue weighted by molar-refractivity contribution is 7.80. The minimum absolute atomic E-state index is 0.447. The molecule has 2 aliphatic rings. The van der Waals surface area contributed by atoms with Crippen LogP contribution in [0.1, 0.15) is 40.0 Å². The summed E-state index contributed by atoms with van der Waals surface area (Å²) in [6.45, 7) is 6.93. The molecule has 2 bridgehead atoms. The van der Waals surface area contributed by atoms with Crippen molar-refractivity contribution in [3.8, 4) is 0 Å². The molecule has 4 atom stereocenters. The zero-order valence-electron chi connectivity index (χ0n) is 8.90. The first-order valence-corrected chi connectivity index (χ1v) is 6.08. The fourth-order valence-corrected chi connectivity index (χ4v) is 3.84. The van der Waals surface area contributed by atoms with Crippen molar-refractivity contribution in [1.29, 1.82) is 0 Å². The first kappa shape index (κ1) is 9.85. The van der Waals surface area contributed by atoms with Crippen LogP contribution in [-0.2, 0) is 0 Å². The third-order valence-corrected chi connectivity index (χ3v) is 4.08. The summed E-state index contributed by atoms with van der Waals surface area (Å²) in [6, 6.07) is 1.66.